The summed E-state index contributed by atoms with van der Waals surface area (Å²) in [4.78, 5) is 26.4. The van der Waals surface area contributed by atoms with Gasteiger partial charge < -0.3 is 9.72 Å². The van der Waals surface area contributed by atoms with E-state index in [2.05, 4.69) is 37.1 Å². The first-order valence-electron chi connectivity index (χ1n) is 7.74. The van der Waals surface area contributed by atoms with Crippen LogP contribution in [-0.2, 0) is 4.74 Å². The van der Waals surface area contributed by atoms with Crippen molar-refractivity contribution < 1.29 is 9.53 Å². The molecule has 0 aliphatic carbocycles. The predicted molar refractivity (Wildman–Crippen MR) is 104 cm³/mol. The topological polar surface area (TPSA) is 79.9 Å². The van der Waals surface area contributed by atoms with Gasteiger partial charge in [-0.3, -0.25) is 10.3 Å². The fraction of sp³-hybridized carbons (Fsp3) is 0.0556. The summed E-state index contributed by atoms with van der Waals surface area (Å²) in [5.41, 5.74) is 2.59. The number of pyridine rings is 1. The SMILES string of the molecule is COC(=O)Nc1nc2cc(Sc3ccc(-c4cccs4)nc3)ccc2[nH]1. The van der Waals surface area contributed by atoms with Crippen LogP contribution in [0.1, 0.15) is 0 Å². The van der Waals surface area contributed by atoms with Crippen molar-refractivity contribution in [3.8, 4) is 10.6 Å². The van der Waals surface area contributed by atoms with Gasteiger partial charge in [-0.15, -0.1) is 11.3 Å². The summed E-state index contributed by atoms with van der Waals surface area (Å²) in [6.07, 6.45) is 1.31. The highest BCUT2D eigenvalue weighted by Crippen LogP contribution is 2.31. The van der Waals surface area contributed by atoms with Crippen molar-refractivity contribution in [1.29, 1.82) is 0 Å². The van der Waals surface area contributed by atoms with Gasteiger partial charge in [0, 0.05) is 16.0 Å². The van der Waals surface area contributed by atoms with Crippen LogP contribution in [0.25, 0.3) is 21.6 Å². The largest absolute Gasteiger partial charge is 0.453 e. The highest BCUT2D eigenvalue weighted by molar-refractivity contribution is 7.99. The van der Waals surface area contributed by atoms with Crippen LogP contribution < -0.4 is 5.32 Å². The number of nitrogens with one attached hydrogen (secondary N) is 2. The fourth-order valence-electron chi connectivity index (χ4n) is 2.40. The van der Waals surface area contributed by atoms with Gasteiger partial charge in [0.15, 0.2) is 0 Å². The van der Waals surface area contributed by atoms with Crippen LogP contribution in [0, 0.1) is 0 Å². The zero-order valence-corrected chi connectivity index (χ0v) is 15.4. The van der Waals surface area contributed by atoms with E-state index in [-0.39, 0.29) is 0 Å². The molecule has 0 aliphatic heterocycles. The van der Waals surface area contributed by atoms with Crippen molar-refractivity contribution in [2.45, 2.75) is 9.79 Å². The Hall–Kier alpha value is -2.84. The molecule has 4 rings (SSSR count). The number of carbonyl (C=O) groups is 1. The molecule has 26 heavy (non-hydrogen) atoms. The predicted octanol–water partition coefficient (Wildman–Crippen LogP) is 5.02. The maximum absolute atomic E-state index is 11.3. The van der Waals surface area contributed by atoms with Crippen LogP contribution in [0.2, 0.25) is 0 Å². The van der Waals surface area contributed by atoms with Crippen molar-refractivity contribution in [3.63, 3.8) is 0 Å². The normalized spacial score (nSPS) is 10.8. The van der Waals surface area contributed by atoms with E-state index in [1.165, 1.54) is 7.11 Å². The standard InChI is InChI=1S/C18H14N4O2S2/c1-24-18(23)22-17-20-13-6-4-11(9-15(13)21-17)26-12-5-7-14(19-10-12)16-3-2-8-25-16/h2-10H,1H3,(H2,20,21,22,23). The van der Waals surface area contributed by atoms with E-state index in [1.54, 1.807) is 23.1 Å². The minimum absolute atomic E-state index is 0.357. The van der Waals surface area contributed by atoms with E-state index in [0.29, 0.717) is 5.95 Å². The Morgan fingerprint density at radius 3 is 2.85 bits per heavy atom. The van der Waals surface area contributed by atoms with Crippen molar-refractivity contribution in [3.05, 3.63) is 54.0 Å². The molecule has 0 bridgehead atoms. The average Bonchev–Trinajstić information content (AvgIpc) is 3.31. The number of carbonyl (C=O) groups excluding carboxylic acids is 1. The van der Waals surface area contributed by atoms with Gasteiger partial charge in [0.1, 0.15) is 0 Å². The molecule has 0 atom stereocenters. The lowest BCUT2D eigenvalue weighted by Crippen LogP contribution is -2.11. The molecule has 0 radical (unpaired) electrons. The molecule has 0 fully saturated rings. The lowest BCUT2D eigenvalue weighted by molar-refractivity contribution is 0.186. The van der Waals surface area contributed by atoms with Gasteiger partial charge in [-0.05, 0) is 41.8 Å². The van der Waals surface area contributed by atoms with E-state index < -0.39 is 6.09 Å². The molecule has 3 heterocycles. The Balaban J connectivity index is 1.52. The number of ether oxygens (including phenoxy) is 1. The number of aromatic amines is 1. The highest BCUT2D eigenvalue weighted by Gasteiger charge is 2.08. The summed E-state index contributed by atoms with van der Waals surface area (Å²) in [6, 6.07) is 14.1. The number of hydrogen-bond donors (Lipinski definition) is 2. The Kier molecular flexibility index (Phi) is 4.59. The number of anilines is 1. The monoisotopic (exact) mass is 382 g/mol. The molecule has 0 spiro atoms. The molecule has 0 aliphatic rings. The zero-order chi connectivity index (χ0) is 17.9. The van der Waals surface area contributed by atoms with E-state index in [4.69, 9.17) is 0 Å². The summed E-state index contributed by atoms with van der Waals surface area (Å²) in [5, 5.41) is 4.57. The van der Waals surface area contributed by atoms with Gasteiger partial charge in [-0.2, -0.15) is 0 Å². The smallest absolute Gasteiger partial charge is 0.413 e. The van der Waals surface area contributed by atoms with Crippen LogP contribution in [0.3, 0.4) is 0 Å². The molecule has 0 saturated carbocycles. The average molecular weight is 382 g/mol. The van der Waals surface area contributed by atoms with Crippen molar-refractivity contribution in [2.75, 3.05) is 12.4 Å². The number of methoxy groups -OCH3 is 1. The van der Waals surface area contributed by atoms with Crippen molar-refractivity contribution in [1.82, 2.24) is 15.0 Å². The molecule has 8 heteroatoms. The number of nitrogens with zero attached hydrogens (tertiary/aromatic N) is 2. The van der Waals surface area contributed by atoms with Gasteiger partial charge in [0.25, 0.3) is 0 Å². The third-order valence-electron chi connectivity index (χ3n) is 3.61. The van der Waals surface area contributed by atoms with Gasteiger partial charge in [-0.1, -0.05) is 17.8 Å². The first-order chi connectivity index (χ1) is 12.7. The van der Waals surface area contributed by atoms with Crippen LogP contribution >= 0.6 is 23.1 Å². The summed E-state index contributed by atoms with van der Waals surface area (Å²) >= 11 is 3.29. The third-order valence-corrected chi connectivity index (χ3v) is 5.47. The Labute approximate surface area is 157 Å². The number of hydrogen-bond acceptors (Lipinski definition) is 6. The fourth-order valence-corrected chi connectivity index (χ4v) is 3.93. The Morgan fingerprint density at radius 1 is 1.23 bits per heavy atom. The van der Waals surface area contributed by atoms with Crippen LogP contribution in [0.5, 0.6) is 0 Å². The molecule has 130 valence electrons. The lowest BCUT2D eigenvalue weighted by Gasteiger charge is -2.02. The number of amides is 1. The number of benzene rings is 1. The van der Waals surface area contributed by atoms with E-state index in [9.17, 15) is 4.79 Å². The van der Waals surface area contributed by atoms with Crippen LogP contribution in [-0.4, -0.2) is 28.2 Å². The van der Waals surface area contributed by atoms with Crippen molar-refractivity contribution >= 4 is 46.2 Å². The second-order valence-corrected chi connectivity index (χ2v) is 7.43. The highest BCUT2D eigenvalue weighted by atomic mass is 32.2. The minimum Gasteiger partial charge on any atom is -0.453 e. The van der Waals surface area contributed by atoms with Gasteiger partial charge in [0.2, 0.25) is 5.95 Å². The Morgan fingerprint density at radius 2 is 2.12 bits per heavy atom. The van der Waals surface area contributed by atoms with E-state index in [0.717, 1.165) is 31.4 Å². The summed E-state index contributed by atoms with van der Waals surface area (Å²) < 4.78 is 4.57. The molecule has 0 unspecified atom stereocenters. The number of rotatable bonds is 4. The van der Waals surface area contributed by atoms with Crippen LogP contribution in [0.15, 0.2) is 63.8 Å². The molecular weight excluding hydrogens is 368 g/mol. The molecule has 1 amide bonds. The quantitative estimate of drug-likeness (QED) is 0.518. The second kappa shape index (κ2) is 7.19. The maximum Gasteiger partial charge on any atom is 0.413 e. The number of imidazole rings is 1. The van der Waals surface area contributed by atoms with Gasteiger partial charge >= 0.3 is 6.09 Å². The lowest BCUT2D eigenvalue weighted by atomic mass is 10.3. The van der Waals surface area contributed by atoms with E-state index in [1.807, 2.05) is 41.9 Å². The molecule has 3 aromatic heterocycles. The van der Waals surface area contributed by atoms with Gasteiger partial charge in [-0.25, -0.2) is 9.78 Å². The molecule has 1 aromatic carbocycles. The molecule has 6 nitrogen and oxygen atoms in total. The zero-order valence-electron chi connectivity index (χ0n) is 13.7. The van der Waals surface area contributed by atoms with Gasteiger partial charge in [0.05, 0.1) is 28.7 Å². The molecular formula is C18H14N4O2S2. The minimum atomic E-state index is -0.560. The molecule has 2 N–H and O–H groups in total. The summed E-state index contributed by atoms with van der Waals surface area (Å²) in [5.74, 6) is 0.357. The maximum atomic E-state index is 11.3. The first kappa shape index (κ1) is 16.6. The third kappa shape index (κ3) is 3.56. The number of fused-ring (bicyclic) bond motifs is 1. The number of aromatic nitrogens is 3. The summed E-state index contributed by atoms with van der Waals surface area (Å²) in [7, 11) is 1.31. The molecule has 4 aromatic rings. The van der Waals surface area contributed by atoms with Crippen LogP contribution in [0.4, 0.5) is 10.7 Å². The summed E-state index contributed by atoms with van der Waals surface area (Å²) in [6.45, 7) is 0. The van der Waals surface area contributed by atoms with E-state index >= 15 is 0 Å². The number of H-pyrrole nitrogens is 1. The Bertz CT molecular complexity index is 1040. The number of thiophene rings is 1. The molecule has 0 saturated heterocycles. The second-order valence-electron chi connectivity index (χ2n) is 5.34. The first-order valence-corrected chi connectivity index (χ1v) is 9.43. The van der Waals surface area contributed by atoms with Crippen molar-refractivity contribution in [2.24, 2.45) is 0 Å².